The standard InChI is InChI=1S/C4H10ClNO4/c1-4(2,3)6-10-5(7,8)9/h6H,1-3H3. The molecule has 0 bridgehead atoms. The maximum atomic E-state index is 9.81. The van der Waals surface area contributed by atoms with E-state index in [1.54, 1.807) is 20.8 Å². The molecule has 0 aromatic heterocycles. The van der Waals surface area contributed by atoms with E-state index in [1.165, 1.54) is 0 Å². The molecule has 0 aliphatic carbocycles. The van der Waals surface area contributed by atoms with E-state index >= 15 is 0 Å². The molecule has 0 aromatic rings. The Morgan fingerprint density at radius 3 is 1.70 bits per heavy atom. The molecule has 1 N–H and O–H groups in total. The molecule has 0 heterocycles. The highest BCUT2D eigenvalue weighted by molar-refractivity contribution is 4.62. The minimum Gasteiger partial charge on any atom is -0.181 e. The van der Waals surface area contributed by atoms with Crippen LogP contribution in [0.15, 0.2) is 0 Å². The van der Waals surface area contributed by atoms with E-state index in [2.05, 4.69) is 4.39 Å². The van der Waals surface area contributed by atoms with Gasteiger partial charge in [0.05, 0.1) is 0 Å². The van der Waals surface area contributed by atoms with Gasteiger partial charge in [-0.3, -0.25) is 0 Å². The molecule has 0 aliphatic rings. The third kappa shape index (κ3) is 8.09. The van der Waals surface area contributed by atoms with Crippen LogP contribution < -0.4 is 19.5 Å². The summed E-state index contributed by atoms with van der Waals surface area (Å²) in [4.78, 5) is 0. The van der Waals surface area contributed by atoms with Crippen LogP contribution >= 0.6 is 0 Å². The molecule has 0 aromatic carbocycles. The van der Waals surface area contributed by atoms with Crippen molar-refractivity contribution in [2.24, 2.45) is 0 Å². The minimum absolute atomic E-state index is 0.551. The molecule has 0 atom stereocenters. The Balaban J connectivity index is 3.56. The van der Waals surface area contributed by atoms with E-state index in [-0.39, 0.29) is 0 Å². The second-order valence-electron chi connectivity index (χ2n) is 2.81. The van der Waals surface area contributed by atoms with Gasteiger partial charge in [-0.25, -0.2) is 0 Å². The van der Waals surface area contributed by atoms with Gasteiger partial charge in [-0.05, 0) is 20.8 Å². The highest BCUT2D eigenvalue weighted by Crippen LogP contribution is 1.99. The van der Waals surface area contributed by atoms with Crippen LogP contribution in [0, 0.1) is 10.2 Å². The molecule has 10 heavy (non-hydrogen) atoms. The molecule has 0 saturated heterocycles. The fourth-order valence-corrected chi connectivity index (χ4v) is 0.489. The van der Waals surface area contributed by atoms with Crippen molar-refractivity contribution in [2.45, 2.75) is 26.3 Å². The smallest absolute Gasteiger partial charge is 0.176 e. The molecule has 0 aliphatic heterocycles. The van der Waals surface area contributed by atoms with Crippen molar-refractivity contribution in [1.29, 1.82) is 0 Å². The van der Waals surface area contributed by atoms with Crippen molar-refractivity contribution in [3.63, 3.8) is 0 Å². The van der Waals surface area contributed by atoms with Gasteiger partial charge in [0.15, 0.2) is 4.39 Å². The summed E-state index contributed by atoms with van der Waals surface area (Å²) in [6.45, 7) is 4.98. The predicted octanol–water partition coefficient (Wildman–Crippen LogP) is -2.80. The number of nitrogens with one attached hydrogen (secondary N) is 1. The topological polar surface area (TPSA) is 90.4 Å². The summed E-state index contributed by atoms with van der Waals surface area (Å²) in [6.07, 6.45) is 0. The largest absolute Gasteiger partial charge is 0.181 e. The number of hydrogen-bond acceptors (Lipinski definition) is 5. The fraction of sp³-hybridized carbons (Fsp3) is 1.00. The van der Waals surface area contributed by atoms with E-state index < -0.39 is 15.8 Å². The molecule has 5 nitrogen and oxygen atoms in total. The van der Waals surface area contributed by atoms with Crippen molar-refractivity contribution in [2.75, 3.05) is 0 Å². The summed E-state index contributed by atoms with van der Waals surface area (Å²) in [5.74, 6) is 0. The van der Waals surface area contributed by atoms with Gasteiger partial charge in [-0.1, -0.05) is 5.48 Å². The van der Waals surface area contributed by atoms with E-state index in [9.17, 15) is 14.0 Å². The zero-order valence-corrected chi connectivity index (χ0v) is 6.77. The molecule has 6 heteroatoms. The minimum atomic E-state index is -4.36. The van der Waals surface area contributed by atoms with Crippen molar-refractivity contribution in [1.82, 2.24) is 5.48 Å². The van der Waals surface area contributed by atoms with Crippen LogP contribution in [0.25, 0.3) is 0 Å². The Bertz CT molecular complexity index is 90.8. The molecule has 0 unspecified atom stereocenters. The highest BCUT2D eigenvalue weighted by atomic mass is 35.7. The third-order valence-electron chi connectivity index (χ3n) is 0.439. The lowest BCUT2D eigenvalue weighted by atomic mass is 10.1. The summed E-state index contributed by atoms with van der Waals surface area (Å²) in [7, 11) is -4.36. The lowest BCUT2D eigenvalue weighted by Crippen LogP contribution is -2.64. The Hall–Kier alpha value is 0.0900. The first-order valence-corrected chi connectivity index (χ1v) is 3.81. The summed E-state index contributed by atoms with van der Waals surface area (Å²) in [5, 5.41) is 0. The number of hydroxylamine groups is 1. The van der Waals surface area contributed by atoms with E-state index in [0.29, 0.717) is 0 Å². The van der Waals surface area contributed by atoms with Crippen LogP contribution in [0.4, 0.5) is 0 Å². The van der Waals surface area contributed by atoms with Crippen molar-refractivity contribution in [3.05, 3.63) is 0 Å². The molecule has 62 valence electrons. The first-order chi connectivity index (χ1) is 4.21. The Kier molecular flexibility index (Phi) is 3.02. The van der Waals surface area contributed by atoms with Gasteiger partial charge < -0.3 is 0 Å². The number of hydrogen-bond donors (Lipinski definition) is 1. The Morgan fingerprint density at radius 2 is 1.60 bits per heavy atom. The maximum absolute atomic E-state index is 9.81. The van der Waals surface area contributed by atoms with Gasteiger partial charge in [0.2, 0.25) is 0 Å². The van der Waals surface area contributed by atoms with Crippen LogP contribution in [-0.2, 0) is 4.39 Å². The lowest BCUT2D eigenvalue weighted by molar-refractivity contribution is -1.92. The zero-order valence-electron chi connectivity index (χ0n) is 6.01. The predicted molar refractivity (Wildman–Crippen MR) is 24.0 cm³/mol. The normalized spacial score (nSPS) is 13.8. The van der Waals surface area contributed by atoms with Gasteiger partial charge >= 0.3 is 0 Å². The van der Waals surface area contributed by atoms with Crippen LogP contribution in [0.1, 0.15) is 20.8 Å². The molecule has 0 spiro atoms. The summed E-state index contributed by atoms with van der Waals surface area (Å²) in [5.41, 5.74) is 1.50. The monoisotopic (exact) mass is 171 g/mol. The van der Waals surface area contributed by atoms with E-state index in [0.717, 1.165) is 0 Å². The summed E-state index contributed by atoms with van der Waals surface area (Å²) < 4.78 is 33.2. The number of rotatable bonds is 2. The van der Waals surface area contributed by atoms with Gasteiger partial charge in [0.25, 0.3) is 0 Å². The van der Waals surface area contributed by atoms with Crippen LogP contribution in [0.2, 0.25) is 0 Å². The fourth-order valence-electron chi connectivity index (χ4n) is 0.163. The molecule has 0 fully saturated rings. The average Bonchev–Trinajstić information content (AvgIpc) is 1.57. The first kappa shape index (κ1) is 10.1. The lowest BCUT2D eigenvalue weighted by Gasteiger charge is -2.18. The molecular formula is C4H10ClNO4. The molecule has 0 radical (unpaired) electrons. The van der Waals surface area contributed by atoms with Gasteiger partial charge in [-0.2, -0.15) is 14.0 Å². The van der Waals surface area contributed by atoms with Crippen LogP contribution in [0.5, 0.6) is 0 Å². The second-order valence-corrected chi connectivity index (χ2v) is 3.72. The summed E-state index contributed by atoms with van der Waals surface area (Å²) >= 11 is 0. The molecular weight excluding hydrogens is 162 g/mol. The highest BCUT2D eigenvalue weighted by Gasteiger charge is 2.23. The second kappa shape index (κ2) is 3.00. The number of halogens is 1. The maximum Gasteiger partial charge on any atom is 0.176 e. The van der Waals surface area contributed by atoms with Gasteiger partial charge in [0, 0.05) is 5.54 Å². The van der Waals surface area contributed by atoms with Gasteiger partial charge in [0.1, 0.15) is 10.2 Å². The molecule has 0 amide bonds. The quantitative estimate of drug-likeness (QED) is 0.454. The van der Waals surface area contributed by atoms with Crippen molar-refractivity contribution in [3.8, 4) is 0 Å². The average molecular weight is 172 g/mol. The van der Waals surface area contributed by atoms with Crippen LogP contribution in [0.3, 0.4) is 0 Å². The third-order valence-corrected chi connectivity index (χ3v) is 0.705. The molecule has 0 rings (SSSR count). The van der Waals surface area contributed by atoms with Crippen molar-refractivity contribution >= 4 is 0 Å². The van der Waals surface area contributed by atoms with Gasteiger partial charge in [-0.15, -0.1) is 0 Å². The van der Waals surface area contributed by atoms with Crippen molar-refractivity contribution < 1.29 is 28.6 Å². The first-order valence-electron chi connectivity index (χ1n) is 2.57. The zero-order chi connectivity index (χ0) is 8.41. The summed E-state index contributed by atoms with van der Waals surface area (Å²) in [6, 6.07) is 0. The Labute approximate surface area is 61.3 Å². The van der Waals surface area contributed by atoms with E-state index in [1.807, 2.05) is 5.48 Å². The Morgan fingerprint density at radius 1 is 1.20 bits per heavy atom. The van der Waals surface area contributed by atoms with Crippen LogP contribution in [-0.4, -0.2) is 5.54 Å². The van der Waals surface area contributed by atoms with E-state index in [4.69, 9.17) is 0 Å². The molecule has 0 saturated carbocycles. The SMILES string of the molecule is CC(C)(C)NO[Cl+3]([O-])([O-])[O-].